The van der Waals surface area contributed by atoms with Crippen LogP contribution in [0.2, 0.25) is 0 Å². The second kappa shape index (κ2) is 8.23. The van der Waals surface area contributed by atoms with Crippen molar-refractivity contribution in [2.75, 3.05) is 33.3 Å². The van der Waals surface area contributed by atoms with Crippen molar-refractivity contribution in [3.63, 3.8) is 0 Å². The number of hydrogen-bond acceptors (Lipinski definition) is 5. The standard InChI is InChI=1S/C19H26N4O3/c1-14-18(15(2)26-21-14)13-22-8-10-23(11-9-22)19(24)20-12-16-4-6-17(25-3)7-5-16/h4-7H,8-13H2,1-3H3,(H,20,24). The number of urea groups is 1. The van der Waals surface area contributed by atoms with E-state index in [1.165, 1.54) is 0 Å². The Labute approximate surface area is 153 Å². The first kappa shape index (κ1) is 18.3. The van der Waals surface area contributed by atoms with E-state index in [1.54, 1.807) is 7.11 Å². The summed E-state index contributed by atoms with van der Waals surface area (Å²) in [7, 11) is 1.64. The third kappa shape index (κ3) is 4.35. The molecule has 1 aromatic carbocycles. The Hall–Kier alpha value is -2.54. The fourth-order valence-electron chi connectivity index (χ4n) is 3.09. The van der Waals surface area contributed by atoms with Gasteiger partial charge in [0.1, 0.15) is 11.5 Å². The molecular formula is C19H26N4O3. The summed E-state index contributed by atoms with van der Waals surface area (Å²) in [4.78, 5) is 16.6. The minimum Gasteiger partial charge on any atom is -0.497 e. The van der Waals surface area contributed by atoms with Crippen molar-refractivity contribution in [1.29, 1.82) is 0 Å². The smallest absolute Gasteiger partial charge is 0.317 e. The van der Waals surface area contributed by atoms with Gasteiger partial charge in [0, 0.05) is 44.8 Å². The number of methoxy groups -OCH3 is 1. The molecule has 2 heterocycles. The number of aryl methyl sites for hydroxylation is 2. The highest BCUT2D eigenvalue weighted by Gasteiger charge is 2.22. The number of nitrogens with one attached hydrogen (secondary N) is 1. The number of hydrogen-bond donors (Lipinski definition) is 1. The van der Waals surface area contributed by atoms with E-state index in [-0.39, 0.29) is 6.03 Å². The number of piperazine rings is 1. The molecule has 0 radical (unpaired) electrons. The summed E-state index contributed by atoms with van der Waals surface area (Å²) in [6.07, 6.45) is 0. The van der Waals surface area contributed by atoms with E-state index >= 15 is 0 Å². The third-order valence-corrected chi connectivity index (χ3v) is 4.83. The van der Waals surface area contributed by atoms with Crippen LogP contribution in [0.25, 0.3) is 0 Å². The average molecular weight is 358 g/mol. The molecule has 0 atom stereocenters. The van der Waals surface area contributed by atoms with E-state index in [0.717, 1.165) is 61.1 Å². The molecule has 0 spiro atoms. The maximum atomic E-state index is 12.4. The van der Waals surface area contributed by atoms with Gasteiger partial charge in [-0.25, -0.2) is 4.79 Å². The molecule has 2 aromatic rings. The molecular weight excluding hydrogens is 332 g/mol. The van der Waals surface area contributed by atoms with Crippen molar-refractivity contribution in [2.45, 2.75) is 26.9 Å². The maximum Gasteiger partial charge on any atom is 0.317 e. The first-order chi connectivity index (χ1) is 12.6. The number of nitrogens with zero attached hydrogens (tertiary/aromatic N) is 3. The number of rotatable bonds is 5. The summed E-state index contributed by atoms with van der Waals surface area (Å²) >= 11 is 0. The molecule has 7 nitrogen and oxygen atoms in total. The molecule has 0 unspecified atom stereocenters. The van der Waals surface area contributed by atoms with Crippen LogP contribution in [0.15, 0.2) is 28.8 Å². The molecule has 1 fully saturated rings. The molecule has 1 aromatic heterocycles. The first-order valence-corrected chi connectivity index (χ1v) is 8.86. The third-order valence-electron chi connectivity index (χ3n) is 4.83. The van der Waals surface area contributed by atoms with Gasteiger partial charge in [0.2, 0.25) is 0 Å². The van der Waals surface area contributed by atoms with Crippen LogP contribution < -0.4 is 10.1 Å². The molecule has 3 rings (SSSR count). The minimum absolute atomic E-state index is 0.0159. The van der Waals surface area contributed by atoms with Gasteiger partial charge in [0.25, 0.3) is 0 Å². The lowest BCUT2D eigenvalue weighted by molar-refractivity contribution is 0.134. The van der Waals surface area contributed by atoms with Crippen LogP contribution in [0.1, 0.15) is 22.6 Å². The highest BCUT2D eigenvalue weighted by Crippen LogP contribution is 2.16. The molecule has 140 valence electrons. The number of aromatic nitrogens is 1. The van der Waals surface area contributed by atoms with Crippen molar-refractivity contribution in [2.24, 2.45) is 0 Å². The fourth-order valence-corrected chi connectivity index (χ4v) is 3.09. The Balaban J connectivity index is 1.44. The summed E-state index contributed by atoms with van der Waals surface area (Å²) < 4.78 is 10.4. The van der Waals surface area contributed by atoms with Gasteiger partial charge in [-0.3, -0.25) is 4.90 Å². The minimum atomic E-state index is -0.0159. The summed E-state index contributed by atoms with van der Waals surface area (Å²) in [5.74, 6) is 1.69. The van der Waals surface area contributed by atoms with Crippen LogP contribution >= 0.6 is 0 Å². The number of amides is 2. The Morgan fingerprint density at radius 3 is 2.46 bits per heavy atom. The number of carbonyl (C=O) groups is 1. The summed E-state index contributed by atoms with van der Waals surface area (Å²) in [6, 6.07) is 7.70. The van der Waals surface area contributed by atoms with Crippen LogP contribution in [0.3, 0.4) is 0 Å². The zero-order valence-electron chi connectivity index (χ0n) is 15.6. The van der Waals surface area contributed by atoms with Crippen LogP contribution in [-0.2, 0) is 13.1 Å². The average Bonchev–Trinajstić information content (AvgIpc) is 2.99. The van der Waals surface area contributed by atoms with E-state index < -0.39 is 0 Å². The number of ether oxygens (including phenoxy) is 1. The topological polar surface area (TPSA) is 70.8 Å². The van der Waals surface area contributed by atoms with Gasteiger partial charge in [-0.2, -0.15) is 0 Å². The SMILES string of the molecule is COc1ccc(CNC(=O)N2CCN(Cc3c(C)noc3C)CC2)cc1. The summed E-state index contributed by atoms with van der Waals surface area (Å²) in [6.45, 7) is 8.38. The molecule has 1 aliphatic heterocycles. The normalized spacial score (nSPS) is 15.1. The summed E-state index contributed by atoms with van der Waals surface area (Å²) in [5, 5.41) is 6.99. The second-order valence-corrected chi connectivity index (χ2v) is 6.57. The molecule has 1 saturated heterocycles. The van der Waals surface area contributed by atoms with E-state index in [1.807, 2.05) is 43.0 Å². The van der Waals surface area contributed by atoms with Crippen molar-refractivity contribution >= 4 is 6.03 Å². The monoisotopic (exact) mass is 358 g/mol. The van der Waals surface area contributed by atoms with Gasteiger partial charge >= 0.3 is 6.03 Å². The van der Waals surface area contributed by atoms with Crippen LogP contribution in [-0.4, -0.2) is 54.3 Å². The Morgan fingerprint density at radius 2 is 1.88 bits per heavy atom. The Bertz CT molecular complexity index is 714. The zero-order valence-corrected chi connectivity index (χ0v) is 15.6. The lowest BCUT2D eigenvalue weighted by Gasteiger charge is -2.34. The number of benzene rings is 1. The highest BCUT2D eigenvalue weighted by molar-refractivity contribution is 5.74. The largest absolute Gasteiger partial charge is 0.497 e. The van der Waals surface area contributed by atoms with Crippen molar-refractivity contribution in [3.8, 4) is 5.75 Å². The maximum absolute atomic E-state index is 12.4. The molecule has 1 aliphatic rings. The van der Waals surface area contributed by atoms with E-state index in [9.17, 15) is 4.79 Å². The summed E-state index contributed by atoms with van der Waals surface area (Å²) in [5.41, 5.74) is 3.15. The van der Waals surface area contributed by atoms with Gasteiger partial charge in [-0.1, -0.05) is 17.3 Å². The van der Waals surface area contributed by atoms with Crippen molar-refractivity contribution in [1.82, 2.24) is 20.3 Å². The molecule has 0 saturated carbocycles. The van der Waals surface area contributed by atoms with Gasteiger partial charge in [-0.05, 0) is 31.5 Å². The first-order valence-electron chi connectivity index (χ1n) is 8.86. The van der Waals surface area contributed by atoms with Crippen LogP contribution in [0.4, 0.5) is 4.79 Å². The molecule has 2 amide bonds. The quantitative estimate of drug-likeness (QED) is 0.888. The van der Waals surface area contributed by atoms with E-state index in [0.29, 0.717) is 6.54 Å². The number of carbonyl (C=O) groups excluding carboxylic acids is 1. The Morgan fingerprint density at radius 1 is 1.19 bits per heavy atom. The van der Waals surface area contributed by atoms with Gasteiger partial charge in [-0.15, -0.1) is 0 Å². The van der Waals surface area contributed by atoms with Crippen LogP contribution in [0.5, 0.6) is 5.75 Å². The lowest BCUT2D eigenvalue weighted by atomic mass is 10.2. The molecule has 7 heteroatoms. The van der Waals surface area contributed by atoms with E-state index in [4.69, 9.17) is 9.26 Å². The lowest BCUT2D eigenvalue weighted by Crippen LogP contribution is -2.51. The van der Waals surface area contributed by atoms with Crippen molar-refractivity contribution in [3.05, 3.63) is 46.8 Å². The molecule has 1 N–H and O–H groups in total. The predicted octanol–water partition coefficient (Wildman–Crippen LogP) is 2.33. The fraction of sp³-hybridized carbons (Fsp3) is 0.474. The van der Waals surface area contributed by atoms with E-state index in [2.05, 4.69) is 15.4 Å². The zero-order chi connectivity index (χ0) is 18.5. The predicted molar refractivity (Wildman–Crippen MR) is 98.1 cm³/mol. The van der Waals surface area contributed by atoms with Gasteiger partial charge in [0.15, 0.2) is 0 Å². The molecule has 26 heavy (non-hydrogen) atoms. The van der Waals surface area contributed by atoms with Crippen LogP contribution in [0, 0.1) is 13.8 Å². The molecule has 0 bridgehead atoms. The van der Waals surface area contributed by atoms with Gasteiger partial charge < -0.3 is 19.5 Å². The second-order valence-electron chi connectivity index (χ2n) is 6.57. The van der Waals surface area contributed by atoms with Crippen molar-refractivity contribution < 1.29 is 14.1 Å². The highest BCUT2D eigenvalue weighted by atomic mass is 16.5. The Kier molecular flexibility index (Phi) is 5.78. The van der Waals surface area contributed by atoms with Gasteiger partial charge in [0.05, 0.1) is 12.8 Å². The molecule has 0 aliphatic carbocycles.